The Bertz CT molecular complexity index is 580. The van der Waals surface area contributed by atoms with Crippen LogP contribution in [0.5, 0.6) is 0 Å². The smallest absolute Gasteiger partial charge is 0.427 e. The molecule has 0 spiro atoms. The van der Waals surface area contributed by atoms with E-state index in [1.807, 2.05) is 0 Å². The summed E-state index contributed by atoms with van der Waals surface area (Å²) in [4.78, 5) is 10.9. The molecular formula is C24H41BO3. The number of hydrogen-bond donors (Lipinski definition) is 2. The van der Waals surface area contributed by atoms with Gasteiger partial charge in [0.2, 0.25) is 0 Å². The molecule has 158 valence electrons. The Morgan fingerprint density at radius 2 is 1.71 bits per heavy atom. The molecule has 2 N–H and O–H groups in total. The molecule has 4 aliphatic rings. The number of aldehydes is 1. The predicted octanol–water partition coefficient (Wildman–Crippen LogP) is 5.10. The molecule has 0 amide bonds. The van der Waals surface area contributed by atoms with E-state index in [2.05, 4.69) is 20.8 Å². The highest BCUT2D eigenvalue weighted by atomic mass is 16.4. The van der Waals surface area contributed by atoms with Crippen molar-refractivity contribution in [2.45, 2.75) is 97.2 Å². The SMILES string of the molecule is C[C@H](CCC=O)[C@H]1CC[C@H]2[C@@H]3CCC4CC(B(O)O)CC[C@]4(C)[C@H]3CC[C@]12C. The summed E-state index contributed by atoms with van der Waals surface area (Å²) in [6, 6.07) is 0. The second-order valence-corrected chi connectivity index (χ2v) is 11.6. The van der Waals surface area contributed by atoms with Crippen molar-refractivity contribution in [2.24, 2.45) is 46.3 Å². The zero-order valence-electron chi connectivity index (χ0n) is 18.3. The molecule has 28 heavy (non-hydrogen) atoms. The molecule has 0 bridgehead atoms. The van der Waals surface area contributed by atoms with E-state index in [1.165, 1.54) is 44.9 Å². The lowest BCUT2D eigenvalue weighted by molar-refractivity contribution is -0.116. The first kappa shape index (κ1) is 20.9. The first-order chi connectivity index (χ1) is 13.3. The van der Waals surface area contributed by atoms with Crippen molar-refractivity contribution in [3.05, 3.63) is 0 Å². The minimum Gasteiger partial charge on any atom is -0.427 e. The number of carbonyl (C=O) groups excluding carboxylic acids is 1. The topological polar surface area (TPSA) is 57.5 Å². The molecule has 4 heteroatoms. The molecule has 2 unspecified atom stereocenters. The molecule has 0 radical (unpaired) electrons. The van der Waals surface area contributed by atoms with Crippen LogP contribution >= 0.6 is 0 Å². The second-order valence-electron chi connectivity index (χ2n) is 11.6. The van der Waals surface area contributed by atoms with Gasteiger partial charge in [0.05, 0.1) is 0 Å². The third-order valence-electron chi connectivity index (χ3n) is 10.6. The van der Waals surface area contributed by atoms with Gasteiger partial charge in [-0.25, -0.2) is 0 Å². The van der Waals surface area contributed by atoms with Crippen LogP contribution in [0.3, 0.4) is 0 Å². The molecule has 0 aromatic heterocycles. The van der Waals surface area contributed by atoms with Crippen LogP contribution in [0.4, 0.5) is 0 Å². The lowest BCUT2D eigenvalue weighted by Crippen LogP contribution is -2.54. The molecule has 0 saturated heterocycles. The first-order valence-corrected chi connectivity index (χ1v) is 12.1. The summed E-state index contributed by atoms with van der Waals surface area (Å²) >= 11 is 0. The number of hydrogen-bond acceptors (Lipinski definition) is 3. The fourth-order valence-corrected chi connectivity index (χ4v) is 9.07. The van der Waals surface area contributed by atoms with Crippen LogP contribution in [0.2, 0.25) is 5.82 Å². The van der Waals surface area contributed by atoms with Crippen molar-refractivity contribution in [2.75, 3.05) is 0 Å². The summed E-state index contributed by atoms with van der Waals surface area (Å²) in [6.07, 6.45) is 14.2. The molecule has 4 fully saturated rings. The van der Waals surface area contributed by atoms with E-state index in [4.69, 9.17) is 0 Å². The van der Waals surface area contributed by atoms with Gasteiger partial charge < -0.3 is 14.8 Å². The third-order valence-corrected chi connectivity index (χ3v) is 10.6. The van der Waals surface area contributed by atoms with Crippen molar-refractivity contribution in [1.82, 2.24) is 0 Å². The number of carbonyl (C=O) groups is 1. The minimum atomic E-state index is -1.12. The Kier molecular flexibility index (Phi) is 5.77. The van der Waals surface area contributed by atoms with E-state index in [9.17, 15) is 14.8 Å². The molecule has 4 aliphatic carbocycles. The Labute approximate surface area is 172 Å². The maximum atomic E-state index is 10.9. The highest BCUT2D eigenvalue weighted by Crippen LogP contribution is 2.69. The Hall–Kier alpha value is -0.345. The lowest BCUT2D eigenvalue weighted by Gasteiger charge is -2.61. The quantitative estimate of drug-likeness (QED) is 0.509. The summed E-state index contributed by atoms with van der Waals surface area (Å²) in [5.74, 6) is 4.83. The van der Waals surface area contributed by atoms with Crippen molar-refractivity contribution >= 4 is 13.4 Å². The van der Waals surface area contributed by atoms with Crippen molar-refractivity contribution in [3.63, 3.8) is 0 Å². The number of rotatable bonds is 5. The van der Waals surface area contributed by atoms with Gasteiger partial charge in [-0.15, -0.1) is 0 Å². The van der Waals surface area contributed by atoms with E-state index < -0.39 is 7.12 Å². The van der Waals surface area contributed by atoms with Crippen LogP contribution in [-0.2, 0) is 4.79 Å². The van der Waals surface area contributed by atoms with Crippen LogP contribution < -0.4 is 0 Å². The van der Waals surface area contributed by atoms with Gasteiger partial charge in [0.1, 0.15) is 6.29 Å². The van der Waals surface area contributed by atoms with Gasteiger partial charge in [-0.3, -0.25) is 0 Å². The van der Waals surface area contributed by atoms with Crippen molar-refractivity contribution in [3.8, 4) is 0 Å². The summed E-state index contributed by atoms with van der Waals surface area (Å²) in [5.41, 5.74) is 0.891. The van der Waals surface area contributed by atoms with Crippen LogP contribution in [0.25, 0.3) is 0 Å². The molecule has 9 atom stereocenters. The Morgan fingerprint density at radius 3 is 2.43 bits per heavy atom. The van der Waals surface area contributed by atoms with Gasteiger partial charge in [0.15, 0.2) is 0 Å². The minimum absolute atomic E-state index is 0.0954. The average molecular weight is 388 g/mol. The van der Waals surface area contributed by atoms with Gasteiger partial charge in [-0.05, 0) is 110 Å². The zero-order chi connectivity index (χ0) is 20.1. The summed E-state index contributed by atoms with van der Waals surface area (Å²) in [5, 5.41) is 19.4. The summed E-state index contributed by atoms with van der Waals surface area (Å²) < 4.78 is 0. The summed E-state index contributed by atoms with van der Waals surface area (Å²) in [7, 11) is -1.12. The molecule has 4 saturated carbocycles. The molecular weight excluding hydrogens is 347 g/mol. The monoisotopic (exact) mass is 388 g/mol. The van der Waals surface area contributed by atoms with E-state index in [-0.39, 0.29) is 5.82 Å². The fraction of sp³-hybridized carbons (Fsp3) is 0.958. The first-order valence-electron chi connectivity index (χ1n) is 12.1. The van der Waals surface area contributed by atoms with Crippen LogP contribution in [-0.4, -0.2) is 23.5 Å². The van der Waals surface area contributed by atoms with Gasteiger partial charge in [0, 0.05) is 6.42 Å². The normalized spacial score (nSPS) is 48.9. The Morgan fingerprint density at radius 1 is 1.00 bits per heavy atom. The van der Waals surface area contributed by atoms with Crippen molar-refractivity contribution in [1.29, 1.82) is 0 Å². The molecule has 0 heterocycles. The van der Waals surface area contributed by atoms with E-state index >= 15 is 0 Å². The maximum absolute atomic E-state index is 10.9. The van der Waals surface area contributed by atoms with Gasteiger partial charge >= 0.3 is 7.12 Å². The van der Waals surface area contributed by atoms with Crippen molar-refractivity contribution < 1.29 is 14.8 Å². The predicted molar refractivity (Wildman–Crippen MR) is 114 cm³/mol. The van der Waals surface area contributed by atoms with Gasteiger partial charge in [-0.1, -0.05) is 27.2 Å². The highest BCUT2D eigenvalue weighted by Gasteiger charge is 2.60. The number of fused-ring (bicyclic) bond motifs is 5. The molecule has 4 rings (SSSR count). The fourth-order valence-electron chi connectivity index (χ4n) is 9.07. The zero-order valence-corrected chi connectivity index (χ0v) is 18.3. The van der Waals surface area contributed by atoms with Crippen LogP contribution in [0.15, 0.2) is 0 Å². The highest BCUT2D eigenvalue weighted by molar-refractivity contribution is 6.43. The summed E-state index contributed by atoms with van der Waals surface area (Å²) in [6.45, 7) is 7.54. The van der Waals surface area contributed by atoms with E-state index in [0.717, 1.165) is 55.6 Å². The van der Waals surface area contributed by atoms with E-state index in [1.54, 1.807) is 0 Å². The second kappa shape index (κ2) is 7.73. The maximum Gasteiger partial charge on any atom is 0.454 e. The van der Waals surface area contributed by atoms with E-state index in [0.29, 0.717) is 22.7 Å². The van der Waals surface area contributed by atoms with Gasteiger partial charge in [-0.2, -0.15) is 0 Å². The van der Waals surface area contributed by atoms with Crippen LogP contribution in [0.1, 0.15) is 91.4 Å². The molecule has 0 aromatic rings. The third kappa shape index (κ3) is 3.21. The average Bonchev–Trinajstić information content (AvgIpc) is 3.02. The largest absolute Gasteiger partial charge is 0.454 e. The van der Waals surface area contributed by atoms with Gasteiger partial charge in [0.25, 0.3) is 0 Å². The Balaban J connectivity index is 1.51. The molecule has 0 aliphatic heterocycles. The lowest BCUT2D eigenvalue weighted by atomic mass is 9.42. The standard InChI is InChI=1S/C24H41BO3/c1-16(5-4-14-26)20-8-9-21-19-7-6-17-15-18(25(27)28)10-12-23(17,2)22(19)11-13-24(20,21)3/h14,16-22,27-28H,4-13,15H2,1-3H3/t16-,17?,18?,19+,20-,21+,22+,23+,24-/m1/s1. The molecule has 3 nitrogen and oxygen atoms in total. The van der Waals surface area contributed by atoms with Crippen LogP contribution in [0, 0.1) is 46.3 Å². The molecule has 0 aromatic carbocycles.